The van der Waals surface area contributed by atoms with Crippen LogP contribution in [0.25, 0.3) is 0 Å². The molecule has 0 atom stereocenters. The molecule has 0 radical (unpaired) electrons. The molecule has 2 aromatic rings. The SMILES string of the molecule is NCC1CCC(Cc2nc(NCc3ccc(Cl)cc3Cl)nc(N)c2[N+](=O)[O-])CC1. The topological polar surface area (TPSA) is 133 Å². The molecule has 29 heavy (non-hydrogen) atoms. The molecule has 0 spiro atoms. The molecule has 0 unspecified atom stereocenters. The smallest absolute Gasteiger partial charge is 0.332 e. The maximum absolute atomic E-state index is 11.5. The number of nitrogen functional groups attached to an aromatic ring is 1. The van der Waals surface area contributed by atoms with Gasteiger partial charge in [-0.25, -0.2) is 4.98 Å². The average Bonchev–Trinajstić information content (AvgIpc) is 2.67. The minimum atomic E-state index is -0.504. The lowest BCUT2D eigenvalue weighted by Crippen LogP contribution is -2.23. The van der Waals surface area contributed by atoms with Crippen LogP contribution in [0, 0.1) is 22.0 Å². The van der Waals surface area contributed by atoms with Crippen molar-refractivity contribution in [2.24, 2.45) is 17.6 Å². The number of halogens is 2. The molecule has 1 heterocycles. The van der Waals surface area contributed by atoms with Gasteiger partial charge < -0.3 is 16.8 Å². The van der Waals surface area contributed by atoms with Crippen LogP contribution in [0.1, 0.15) is 36.9 Å². The van der Waals surface area contributed by atoms with Crippen LogP contribution in [-0.2, 0) is 13.0 Å². The molecule has 156 valence electrons. The summed E-state index contributed by atoms with van der Waals surface area (Å²) < 4.78 is 0. The van der Waals surface area contributed by atoms with Crippen LogP contribution in [0.15, 0.2) is 18.2 Å². The van der Waals surface area contributed by atoms with E-state index in [-0.39, 0.29) is 17.5 Å². The zero-order valence-electron chi connectivity index (χ0n) is 15.9. The van der Waals surface area contributed by atoms with Gasteiger partial charge in [-0.15, -0.1) is 0 Å². The first kappa shape index (κ1) is 21.5. The third kappa shape index (κ3) is 5.46. The highest BCUT2D eigenvalue weighted by molar-refractivity contribution is 6.35. The first-order valence-corrected chi connectivity index (χ1v) is 10.3. The summed E-state index contributed by atoms with van der Waals surface area (Å²) in [5, 5.41) is 15.6. The number of rotatable bonds is 7. The third-order valence-electron chi connectivity index (χ3n) is 5.40. The van der Waals surface area contributed by atoms with Gasteiger partial charge in [-0.3, -0.25) is 10.1 Å². The molecule has 8 nitrogen and oxygen atoms in total. The number of nitrogens with two attached hydrogens (primary N) is 2. The molecule has 1 fully saturated rings. The lowest BCUT2D eigenvalue weighted by molar-refractivity contribution is -0.385. The monoisotopic (exact) mass is 438 g/mol. The summed E-state index contributed by atoms with van der Waals surface area (Å²) in [5.41, 5.74) is 12.6. The predicted molar refractivity (Wildman–Crippen MR) is 115 cm³/mol. The lowest BCUT2D eigenvalue weighted by atomic mass is 9.80. The quantitative estimate of drug-likeness (QED) is 0.435. The van der Waals surface area contributed by atoms with Gasteiger partial charge in [0.25, 0.3) is 0 Å². The first-order chi connectivity index (χ1) is 13.9. The van der Waals surface area contributed by atoms with Gasteiger partial charge >= 0.3 is 5.69 Å². The van der Waals surface area contributed by atoms with E-state index in [9.17, 15) is 10.1 Å². The van der Waals surface area contributed by atoms with Crippen LogP contribution >= 0.6 is 23.2 Å². The average molecular weight is 439 g/mol. The lowest BCUT2D eigenvalue weighted by Gasteiger charge is -2.27. The molecule has 1 aliphatic carbocycles. The van der Waals surface area contributed by atoms with Crippen molar-refractivity contribution in [1.82, 2.24) is 9.97 Å². The number of aromatic nitrogens is 2. The van der Waals surface area contributed by atoms with Crippen molar-refractivity contribution in [3.63, 3.8) is 0 Å². The molecule has 1 aromatic carbocycles. The van der Waals surface area contributed by atoms with Gasteiger partial charge in [-0.1, -0.05) is 29.3 Å². The Morgan fingerprint density at radius 1 is 1.17 bits per heavy atom. The van der Waals surface area contributed by atoms with Crippen molar-refractivity contribution in [1.29, 1.82) is 0 Å². The summed E-state index contributed by atoms with van der Waals surface area (Å²) in [6, 6.07) is 5.18. The van der Waals surface area contributed by atoms with Crippen LogP contribution in [-0.4, -0.2) is 21.4 Å². The minimum absolute atomic E-state index is 0.139. The Morgan fingerprint density at radius 2 is 1.86 bits per heavy atom. The number of benzene rings is 1. The number of anilines is 2. The van der Waals surface area contributed by atoms with Crippen LogP contribution in [0.3, 0.4) is 0 Å². The summed E-state index contributed by atoms with van der Waals surface area (Å²) in [6.07, 6.45) is 4.53. The molecule has 1 aromatic heterocycles. The molecule has 1 aliphatic rings. The van der Waals surface area contributed by atoms with E-state index in [1.807, 2.05) is 0 Å². The van der Waals surface area contributed by atoms with E-state index in [1.165, 1.54) is 0 Å². The molecule has 0 amide bonds. The maximum atomic E-state index is 11.5. The fourth-order valence-electron chi connectivity index (χ4n) is 3.73. The first-order valence-electron chi connectivity index (χ1n) is 9.56. The Bertz CT molecular complexity index is 887. The zero-order chi connectivity index (χ0) is 21.0. The Hall–Kier alpha value is -2.16. The molecular weight excluding hydrogens is 415 g/mol. The second kappa shape index (κ2) is 9.56. The molecule has 10 heteroatoms. The summed E-state index contributed by atoms with van der Waals surface area (Å²) >= 11 is 12.1. The molecular formula is C19H24Cl2N6O2. The van der Waals surface area contributed by atoms with Crippen molar-refractivity contribution >= 4 is 40.7 Å². The number of hydrogen-bond acceptors (Lipinski definition) is 7. The number of hydrogen-bond donors (Lipinski definition) is 3. The standard InChI is InChI=1S/C19H24Cl2N6O2/c20-14-6-5-13(15(21)8-14)10-24-19-25-16(17(27(28)29)18(23)26-19)7-11-1-3-12(9-22)4-2-11/h5-6,8,11-12H,1-4,7,9-10,22H2,(H3,23,24,25,26). The molecule has 3 rings (SSSR count). The normalized spacial score (nSPS) is 19.1. The van der Waals surface area contributed by atoms with Crippen LogP contribution < -0.4 is 16.8 Å². The van der Waals surface area contributed by atoms with E-state index >= 15 is 0 Å². The fourth-order valence-corrected chi connectivity index (χ4v) is 4.20. The maximum Gasteiger partial charge on any atom is 0.332 e. The van der Waals surface area contributed by atoms with Gasteiger partial charge in [0, 0.05) is 16.6 Å². The number of nitrogens with zero attached hydrogens (tertiary/aromatic N) is 3. The van der Waals surface area contributed by atoms with Gasteiger partial charge in [0.15, 0.2) is 0 Å². The van der Waals surface area contributed by atoms with Crippen molar-refractivity contribution in [2.75, 3.05) is 17.6 Å². The molecule has 5 N–H and O–H groups in total. The van der Waals surface area contributed by atoms with E-state index in [0.29, 0.717) is 47.1 Å². The highest BCUT2D eigenvalue weighted by Gasteiger charge is 2.27. The van der Waals surface area contributed by atoms with Crippen LogP contribution in [0.2, 0.25) is 10.0 Å². The summed E-state index contributed by atoms with van der Waals surface area (Å²) in [4.78, 5) is 19.5. The highest BCUT2D eigenvalue weighted by Crippen LogP contribution is 2.34. The van der Waals surface area contributed by atoms with Gasteiger partial charge in [0.1, 0.15) is 5.69 Å². The summed E-state index contributed by atoms with van der Waals surface area (Å²) in [6.45, 7) is 1.03. The molecule has 0 bridgehead atoms. The van der Waals surface area contributed by atoms with Gasteiger partial charge in [-0.05, 0) is 68.2 Å². The van der Waals surface area contributed by atoms with Crippen molar-refractivity contribution in [3.8, 4) is 0 Å². The van der Waals surface area contributed by atoms with Crippen molar-refractivity contribution in [3.05, 3.63) is 49.6 Å². The number of nitro groups is 1. The Morgan fingerprint density at radius 3 is 2.48 bits per heavy atom. The van der Waals surface area contributed by atoms with Crippen LogP contribution in [0.4, 0.5) is 17.5 Å². The Labute approximate surface area is 179 Å². The second-order valence-electron chi connectivity index (χ2n) is 7.40. The van der Waals surface area contributed by atoms with Crippen molar-refractivity contribution < 1.29 is 4.92 Å². The Kier molecular flexibility index (Phi) is 7.10. The van der Waals surface area contributed by atoms with E-state index in [1.54, 1.807) is 18.2 Å². The third-order valence-corrected chi connectivity index (χ3v) is 5.99. The number of nitrogens with one attached hydrogen (secondary N) is 1. The largest absolute Gasteiger partial charge is 0.378 e. The van der Waals surface area contributed by atoms with E-state index < -0.39 is 4.92 Å². The summed E-state index contributed by atoms with van der Waals surface area (Å²) in [5.74, 6) is 0.965. The van der Waals surface area contributed by atoms with Crippen LogP contribution in [0.5, 0.6) is 0 Å². The van der Waals surface area contributed by atoms with E-state index in [2.05, 4.69) is 15.3 Å². The Balaban J connectivity index is 1.77. The van der Waals surface area contributed by atoms with E-state index in [4.69, 9.17) is 34.7 Å². The molecule has 0 aliphatic heterocycles. The second-order valence-corrected chi connectivity index (χ2v) is 8.24. The van der Waals surface area contributed by atoms with Gasteiger partial charge in [0.2, 0.25) is 11.8 Å². The molecule has 1 saturated carbocycles. The predicted octanol–water partition coefficient (Wildman–Crippen LogP) is 4.19. The highest BCUT2D eigenvalue weighted by atomic mass is 35.5. The van der Waals surface area contributed by atoms with E-state index in [0.717, 1.165) is 31.2 Å². The van der Waals surface area contributed by atoms with Crippen molar-refractivity contribution in [2.45, 2.75) is 38.6 Å². The van der Waals surface area contributed by atoms with Gasteiger partial charge in [0.05, 0.1) is 4.92 Å². The van der Waals surface area contributed by atoms with Gasteiger partial charge in [-0.2, -0.15) is 4.98 Å². The zero-order valence-corrected chi connectivity index (χ0v) is 17.4. The summed E-state index contributed by atoms with van der Waals surface area (Å²) in [7, 11) is 0. The molecule has 0 saturated heterocycles. The fraction of sp³-hybridized carbons (Fsp3) is 0.474. The minimum Gasteiger partial charge on any atom is -0.378 e.